The van der Waals surface area contributed by atoms with Crippen molar-refractivity contribution in [1.29, 1.82) is 0 Å². The Morgan fingerprint density at radius 2 is 1.40 bits per heavy atom. The van der Waals surface area contributed by atoms with E-state index in [4.69, 9.17) is 4.74 Å². The minimum atomic E-state index is -0.782. The number of carbonyl (C=O) groups excluding carboxylic acids is 4. The zero-order chi connectivity index (χ0) is 21.1. The summed E-state index contributed by atoms with van der Waals surface area (Å²) in [6.45, 7) is -0.872. The summed E-state index contributed by atoms with van der Waals surface area (Å²) in [5.74, 6) is -2.56. The number of ether oxygens (including phenoxy) is 1. The van der Waals surface area contributed by atoms with Crippen molar-refractivity contribution in [1.82, 2.24) is 0 Å². The Bertz CT molecular complexity index is 1140. The van der Waals surface area contributed by atoms with Crippen LogP contribution >= 0.6 is 0 Å². The summed E-state index contributed by atoms with van der Waals surface area (Å²) in [7, 11) is 0. The molecular formula is C24H17NO5. The fourth-order valence-corrected chi connectivity index (χ4v) is 3.29. The van der Waals surface area contributed by atoms with Gasteiger partial charge in [-0.1, -0.05) is 66.7 Å². The predicted octanol–water partition coefficient (Wildman–Crippen LogP) is 3.31. The average Bonchev–Trinajstić information content (AvgIpc) is 3.03. The van der Waals surface area contributed by atoms with Crippen LogP contribution in [0.1, 0.15) is 20.7 Å². The van der Waals surface area contributed by atoms with E-state index in [9.17, 15) is 19.2 Å². The summed E-state index contributed by atoms with van der Waals surface area (Å²) in [6.07, 6.45) is 0. The number of nitrogens with zero attached hydrogens (tertiary/aromatic N) is 1. The number of anilines is 1. The van der Waals surface area contributed by atoms with Gasteiger partial charge >= 0.3 is 5.97 Å². The molecule has 1 aliphatic heterocycles. The summed E-state index contributed by atoms with van der Waals surface area (Å²) in [5.41, 5.74) is 3.05. The molecule has 0 saturated heterocycles. The topological polar surface area (TPSA) is 80.8 Å². The Labute approximate surface area is 172 Å². The van der Waals surface area contributed by atoms with Gasteiger partial charge in [-0.15, -0.1) is 0 Å². The highest BCUT2D eigenvalue weighted by atomic mass is 16.5. The maximum atomic E-state index is 12.3. The normalized spacial score (nSPS) is 12.6. The van der Waals surface area contributed by atoms with E-state index in [0.717, 1.165) is 16.0 Å². The predicted molar refractivity (Wildman–Crippen MR) is 110 cm³/mol. The second-order valence-electron chi connectivity index (χ2n) is 6.76. The van der Waals surface area contributed by atoms with Gasteiger partial charge in [-0.2, -0.15) is 0 Å². The summed E-state index contributed by atoms with van der Waals surface area (Å²) in [4.78, 5) is 49.6. The Kier molecular flexibility index (Phi) is 5.22. The number of para-hydroxylation sites is 1. The van der Waals surface area contributed by atoms with E-state index in [1.54, 1.807) is 30.3 Å². The molecule has 0 bridgehead atoms. The zero-order valence-electron chi connectivity index (χ0n) is 15.9. The molecule has 3 aromatic carbocycles. The van der Waals surface area contributed by atoms with Crippen LogP contribution in [0.25, 0.3) is 11.1 Å². The highest BCUT2D eigenvalue weighted by Gasteiger charge is 2.36. The molecule has 0 fully saturated rings. The molecule has 6 nitrogen and oxygen atoms in total. The van der Waals surface area contributed by atoms with Gasteiger partial charge in [0.25, 0.3) is 11.7 Å². The van der Waals surface area contributed by atoms with Gasteiger partial charge in [0.2, 0.25) is 0 Å². The van der Waals surface area contributed by atoms with Crippen molar-refractivity contribution in [2.24, 2.45) is 0 Å². The van der Waals surface area contributed by atoms with E-state index in [1.807, 2.05) is 42.5 Å². The highest BCUT2D eigenvalue weighted by Crippen LogP contribution is 2.28. The molecule has 0 radical (unpaired) electrons. The number of fused-ring (bicyclic) bond motifs is 1. The number of hydrogen-bond donors (Lipinski definition) is 0. The summed E-state index contributed by atoms with van der Waals surface area (Å²) in [6, 6.07) is 23.2. The third kappa shape index (κ3) is 3.75. The first-order chi connectivity index (χ1) is 14.5. The van der Waals surface area contributed by atoms with Crippen molar-refractivity contribution >= 4 is 29.1 Å². The maximum absolute atomic E-state index is 12.3. The molecule has 3 aromatic rings. The first-order valence-corrected chi connectivity index (χ1v) is 9.34. The number of ketones is 2. The van der Waals surface area contributed by atoms with Crippen molar-refractivity contribution in [2.45, 2.75) is 0 Å². The van der Waals surface area contributed by atoms with Crippen molar-refractivity contribution in [3.05, 3.63) is 90.0 Å². The molecule has 1 amide bonds. The Balaban J connectivity index is 1.36. The van der Waals surface area contributed by atoms with Crippen molar-refractivity contribution in [3.63, 3.8) is 0 Å². The molecule has 0 N–H and O–H groups in total. The Morgan fingerprint density at radius 1 is 0.767 bits per heavy atom. The monoisotopic (exact) mass is 399 g/mol. The van der Waals surface area contributed by atoms with E-state index in [-0.39, 0.29) is 11.3 Å². The number of benzene rings is 3. The van der Waals surface area contributed by atoms with Crippen LogP contribution in [-0.2, 0) is 14.3 Å². The van der Waals surface area contributed by atoms with Crippen molar-refractivity contribution in [2.75, 3.05) is 18.1 Å². The summed E-state index contributed by atoms with van der Waals surface area (Å²) < 4.78 is 5.04. The lowest BCUT2D eigenvalue weighted by atomic mass is 10.0. The molecule has 1 heterocycles. The lowest BCUT2D eigenvalue weighted by molar-refractivity contribution is -0.141. The molecule has 0 spiro atoms. The van der Waals surface area contributed by atoms with E-state index in [2.05, 4.69) is 0 Å². The van der Waals surface area contributed by atoms with E-state index >= 15 is 0 Å². The quantitative estimate of drug-likeness (QED) is 0.361. The first-order valence-electron chi connectivity index (χ1n) is 9.34. The third-order valence-corrected chi connectivity index (χ3v) is 4.84. The van der Waals surface area contributed by atoms with Gasteiger partial charge in [-0.25, -0.2) is 0 Å². The number of carbonyl (C=O) groups is 4. The minimum Gasteiger partial charge on any atom is -0.456 e. The lowest BCUT2D eigenvalue weighted by Crippen LogP contribution is -2.36. The molecule has 4 rings (SSSR count). The molecule has 0 aromatic heterocycles. The van der Waals surface area contributed by atoms with E-state index in [1.165, 1.54) is 6.07 Å². The van der Waals surface area contributed by atoms with Gasteiger partial charge in [0.05, 0.1) is 11.3 Å². The first kappa shape index (κ1) is 19.3. The molecule has 30 heavy (non-hydrogen) atoms. The third-order valence-electron chi connectivity index (χ3n) is 4.84. The second-order valence-corrected chi connectivity index (χ2v) is 6.76. The average molecular weight is 399 g/mol. The maximum Gasteiger partial charge on any atom is 0.326 e. The van der Waals surface area contributed by atoms with Gasteiger partial charge in [0.15, 0.2) is 12.4 Å². The van der Waals surface area contributed by atoms with Crippen LogP contribution in [0.2, 0.25) is 0 Å². The van der Waals surface area contributed by atoms with Crippen LogP contribution < -0.4 is 4.90 Å². The van der Waals surface area contributed by atoms with Gasteiger partial charge in [0.1, 0.15) is 6.54 Å². The van der Waals surface area contributed by atoms with Crippen LogP contribution in [0.5, 0.6) is 0 Å². The van der Waals surface area contributed by atoms with Crippen LogP contribution in [0.3, 0.4) is 0 Å². The van der Waals surface area contributed by atoms with Crippen LogP contribution in [0.4, 0.5) is 5.69 Å². The molecule has 0 aliphatic carbocycles. The van der Waals surface area contributed by atoms with Crippen molar-refractivity contribution < 1.29 is 23.9 Å². The summed E-state index contributed by atoms with van der Waals surface area (Å²) in [5, 5.41) is 0. The van der Waals surface area contributed by atoms with Crippen LogP contribution in [0, 0.1) is 0 Å². The minimum absolute atomic E-state index is 0.255. The number of esters is 1. The summed E-state index contributed by atoms with van der Waals surface area (Å²) >= 11 is 0. The Morgan fingerprint density at radius 3 is 2.13 bits per heavy atom. The molecule has 1 aliphatic rings. The number of rotatable bonds is 6. The molecular weight excluding hydrogens is 382 g/mol. The molecule has 0 unspecified atom stereocenters. The second kappa shape index (κ2) is 8.13. The van der Waals surface area contributed by atoms with Crippen LogP contribution in [0.15, 0.2) is 78.9 Å². The van der Waals surface area contributed by atoms with Gasteiger partial charge < -0.3 is 4.74 Å². The fraction of sp³-hybridized carbons (Fsp3) is 0.0833. The molecule has 0 saturated carbocycles. The number of Topliss-reactive ketones (excluding diaryl/α,β-unsaturated/α-hetero) is 2. The molecule has 6 heteroatoms. The smallest absolute Gasteiger partial charge is 0.326 e. The van der Waals surface area contributed by atoms with Gasteiger partial charge in [-0.05, 0) is 23.3 Å². The van der Waals surface area contributed by atoms with E-state index in [0.29, 0.717) is 11.3 Å². The van der Waals surface area contributed by atoms with E-state index < -0.39 is 30.8 Å². The zero-order valence-corrected chi connectivity index (χ0v) is 15.9. The number of hydrogen-bond acceptors (Lipinski definition) is 5. The van der Waals surface area contributed by atoms with Crippen LogP contribution in [-0.4, -0.2) is 36.6 Å². The van der Waals surface area contributed by atoms with Gasteiger partial charge in [0, 0.05) is 5.56 Å². The fourth-order valence-electron chi connectivity index (χ4n) is 3.29. The Hall–Kier alpha value is -4.06. The van der Waals surface area contributed by atoms with Crippen molar-refractivity contribution in [3.8, 4) is 11.1 Å². The largest absolute Gasteiger partial charge is 0.456 e. The van der Waals surface area contributed by atoms with Gasteiger partial charge in [-0.3, -0.25) is 24.1 Å². The standard InChI is InChI=1S/C24H17NO5/c26-21(18-12-10-17(11-13-18)16-6-2-1-3-7-16)15-30-22(27)14-25-20-9-5-4-8-19(20)23(28)24(25)29/h1-13H,14-15H2. The number of amides is 1. The SMILES string of the molecule is O=C(CN1C(=O)C(=O)c2ccccc21)OCC(=O)c1ccc(-c2ccccc2)cc1. The molecule has 148 valence electrons. The lowest BCUT2D eigenvalue weighted by Gasteiger charge is -2.15. The molecule has 0 atom stereocenters. The highest BCUT2D eigenvalue weighted by molar-refractivity contribution is 6.52.